The van der Waals surface area contributed by atoms with Gasteiger partial charge in [0.25, 0.3) is 5.54 Å². The van der Waals surface area contributed by atoms with Crippen LogP contribution in [0.15, 0.2) is 60.7 Å². The summed E-state index contributed by atoms with van der Waals surface area (Å²) in [7, 11) is 1.20. The second-order valence-corrected chi connectivity index (χ2v) is 6.43. The Bertz CT molecular complexity index is 857. The van der Waals surface area contributed by atoms with Crippen LogP contribution in [-0.2, 0) is 27.4 Å². The van der Waals surface area contributed by atoms with Crippen molar-refractivity contribution >= 4 is 18.0 Å². The molecule has 1 atom stereocenters. The van der Waals surface area contributed by atoms with Crippen LogP contribution in [0.2, 0.25) is 0 Å². The Balaban J connectivity index is 2.08. The number of amides is 2. The van der Waals surface area contributed by atoms with Gasteiger partial charge in [0.05, 0.1) is 6.54 Å². The van der Waals surface area contributed by atoms with Crippen molar-refractivity contribution < 1.29 is 29.3 Å². The van der Waals surface area contributed by atoms with Crippen LogP contribution in [-0.4, -0.2) is 56.9 Å². The van der Waals surface area contributed by atoms with Gasteiger partial charge in [-0.1, -0.05) is 60.7 Å². The van der Waals surface area contributed by atoms with E-state index in [1.165, 1.54) is 7.11 Å². The minimum atomic E-state index is -2.57. The van der Waals surface area contributed by atoms with Crippen LogP contribution in [0.25, 0.3) is 0 Å². The number of benzene rings is 2. The van der Waals surface area contributed by atoms with Crippen molar-refractivity contribution in [3.05, 3.63) is 71.8 Å². The van der Waals surface area contributed by atoms with Crippen molar-refractivity contribution in [1.82, 2.24) is 9.80 Å². The largest absolute Gasteiger partial charge is 0.479 e. The molecule has 1 aliphatic heterocycles. The molecule has 2 aromatic rings. The molecule has 0 aliphatic carbocycles. The van der Waals surface area contributed by atoms with E-state index < -0.39 is 29.7 Å². The third-order valence-electron chi connectivity index (χ3n) is 4.80. The molecule has 0 bridgehead atoms. The Hall–Kier alpha value is -3.39. The number of hydrogen-bond acceptors (Lipinski definition) is 4. The molecule has 3 rings (SSSR count). The monoisotopic (exact) mass is 384 g/mol. The van der Waals surface area contributed by atoms with Crippen molar-refractivity contribution in [2.75, 3.05) is 7.11 Å². The fourth-order valence-corrected chi connectivity index (χ4v) is 3.49. The van der Waals surface area contributed by atoms with Crippen molar-refractivity contribution in [1.29, 1.82) is 0 Å². The van der Waals surface area contributed by atoms with E-state index in [0.717, 1.165) is 15.4 Å². The molecule has 2 amide bonds. The summed E-state index contributed by atoms with van der Waals surface area (Å²) in [4.78, 5) is 39.5. The number of carbonyl (C=O) groups is 3. The number of carbonyl (C=O) groups excluding carboxylic acids is 1. The first kappa shape index (κ1) is 19.4. The van der Waals surface area contributed by atoms with Crippen LogP contribution in [0, 0.1) is 0 Å². The molecule has 146 valence electrons. The summed E-state index contributed by atoms with van der Waals surface area (Å²) in [6.45, 7) is -0.158. The van der Waals surface area contributed by atoms with E-state index in [9.17, 15) is 24.6 Å². The SMILES string of the molecule is CO[C@@H]1N(Cc2ccccc2)C(=O)N(Cc2ccccc2)C1(C(=O)O)C(=O)O. The third-order valence-corrected chi connectivity index (χ3v) is 4.80. The molecular formula is C20H20N2O6. The van der Waals surface area contributed by atoms with Crippen LogP contribution in [0.1, 0.15) is 11.1 Å². The van der Waals surface area contributed by atoms with Crippen LogP contribution in [0.3, 0.4) is 0 Å². The fraction of sp³-hybridized carbons (Fsp3) is 0.250. The molecular weight excluding hydrogens is 364 g/mol. The van der Waals surface area contributed by atoms with E-state index in [0.29, 0.717) is 5.56 Å². The highest BCUT2D eigenvalue weighted by atomic mass is 16.5. The number of aliphatic carboxylic acids is 2. The molecule has 2 aromatic carbocycles. The Kier molecular flexibility index (Phi) is 5.32. The van der Waals surface area contributed by atoms with Crippen molar-refractivity contribution in [3.8, 4) is 0 Å². The third kappa shape index (κ3) is 3.07. The van der Waals surface area contributed by atoms with Gasteiger partial charge in [-0.15, -0.1) is 0 Å². The Labute approximate surface area is 161 Å². The average molecular weight is 384 g/mol. The molecule has 28 heavy (non-hydrogen) atoms. The quantitative estimate of drug-likeness (QED) is 0.707. The standard InChI is InChI=1S/C20H20N2O6/c1-28-16-20(17(23)24,18(25)26)22(13-15-10-6-3-7-11-15)19(27)21(16)12-14-8-4-2-5-9-14/h2-11,16H,12-13H2,1H3,(H,23,24)(H,25,26)/t16-/m0/s1. The van der Waals surface area contributed by atoms with Crippen molar-refractivity contribution in [2.45, 2.75) is 24.9 Å². The molecule has 2 N–H and O–H groups in total. The zero-order chi connectivity index (χ0) is 20.3. The highest BCUT2D eigenvalue weighted by Gasteiger charge is 2.68. The topological polar surface area (TPSA) is 107 Å². The average Bonchev–Trinajstić information content (AvgIpc) is 2.92. The summed E-state index contributed by atoms with van der Waals surface area (Å²) in [6, 6.07) is 16.8. The molecule has 0 radical (unpaired) electrons. The molecule has 0 saturated carbocycles. The molecule has 8 heteroatoms. The molecule has 0 aromatic heterocycles. The predicted octanol–water partition coefficient (Wildman–Crippen LogP) is 2.00. The first-order valence-electron chi connectivity index (χ1n) is 8.58. The molecule has 1 saturated heterocycles. The number of rotatable bonds is 7. The lowest BCUT2D eigenvalue weighted by molar-refractivity contribution is -0.177. The maximum Gasteiger partial charge on any atom is 0.346 e. The van der Waals surface area contributed by atoms with E-state index >= 15 is 0 Å². The molecule has 8 nitrogen and oxygen atoms in total. The van der Waals surface area contributed by atoms with E-state index in [1.54, 1.807) is 54.6 Å². The first-order valence-corrected chi connectivity index (χ1v) is 8.58. The van der Waals surface area contributed by atoms with Crippen LogP contribution >= 0.6 is 0 Å². The van der Waals surface area contributed by atoms with Gasteiger partial charge in [-0.25, -0.2) is 14.4 Å². The molecule has 1 aliphatic rings. The molecule has 0 unspecified atom stereocenters. The van der Waals surface area contributed by atoms with Crippen molar-refractivity contribution in [3.63, 3.8) is 0 Å². The van der Waals surface area contributed by atoms with Crippen molar-refractivity contribution in [2.24, 2.45) is 0 Å². The maximum absolute atomic E-state index is 13.2. The molecule has 1 heterocycles. The minimum absolute atomic E-state index is 0.0196. The predicted molar refractivity (Wildman–Crippen MR) is 98.2 cm³/mol. The van der Waals surface area contributed by atoms with Gasteiger partial charge >= 0.3 is 18.0 Å². The Morgan fingerprint density at radius 1 is 0.929 bits per heavy atom. The lowest BCUT2D eigenvalue weighted by atomic mass is 9.95. The Morgan fingerprint density at radius 3 is 1.82 bits per heavy atom. The van der Waals surface area contributed by atoms with Gasteiger partial charge in [0, 0.05) is 13.7 Å². The summed E-state index contributed by atoms with van der Waals surface area (Å²) < 4.78 is 5.27. The van der Waals surface area contributed by atoms with Gasteiger partial charge in [0.2, 0.25) is 0 Å². The normalized spacial score (nSPS) is 18.3. The highest BCUT2D eigenvalue weighted by molar-refractivity contribution is 6.09. The second kappa shape index (κ2) is 7.69. The number of ether oxygens (including phenoxy) is 1. The summed E-state index contributed by atoms with van der Waals surface area (Å²) in [5.74, 6) is -3.32. The van der Waals surface area contributed by atoms with Gasteiger partial charge in [0.1, 0.15) is 0 Å². The van der Waals surface area contributed by atoms with E-state index in [4.69, 9.17) is 4.74 Å². The smallest absolute Gasteiger partial charge is 0.346 e. The molecule has 0 spiro atoms. The van der Waals surface area contributed by atoms with Gasteiger partial charge in [0.15, 0.2) is 6.23 Å². The Morgan fingerprint density at radius 2 is 1.39 bits per heavy atom. The highest BCUT2D eigenvalue weighted by Crippen LogP contribution is 2.37. The van der Waals surface area contributed by atoms with Crippen LogP contribution in [0.4, 0.5) is 4.79 Å². The zero-order valence-electron chi connectivity index (χ0n) is 15.2. The summed E-state index contributed by atoms with van der Waals surface area (Å²) >= 11 is 0. The number of carboxylic acids is 2. The van der Waals surface area contributed by atoms with Crippen LogP contribution < -0.4 is 0 Å². The summed E-state index contributed by atoms with van der Waals surface area (Å²) in [6.07, 6.45) is -1.50. The first-order chi connectivity index (χ1) is 13.4. The summed E-state index contributed by atoms with van der Waals surface area (Å²) in [5.41, 5.74) is -1.24. The fourth-order valence-electron chi connectivity index (χ4n) is 3.49. The number of carboxylic acid groups (broad SMARTS) is 2. The molecule has 1 fully saturated rings. The second-order valence-electron chi connectivity index (χ2n) is 6.43. The lowest BCUT2D eigenvalue weighted by Crippen LogP contribution is -2.63. The van der Waals surface area contributed by atoms with Gasteiger partial charge in [-0.2, -0.15) is 0 Å². The summed E-state index contributed by atoms with van der Waals surface area (Å²) in [5, 5.41) is 19.8. The van der Waals surface area contributed by atoms with E-state index in [-0.39, 0.29) is 13.1 Å². The van der Waals surface area contributed by atoms with Gasteiger partial charge < -0.3 is 14.9 Å². The van der Waals surface area contributed by atoms with E-state index in [1.807, 2.05) is 6.07 Å². The number of hydrogen-bond donors (Lipinski definition) is 2. The maximum atomic E-state index is 13.2. The van der Waals surface area contributed by atoms with Gasteiger partial charge in [-0.3, -0.25) is 9.80 Å². The zero-order valence-corrected chi connectivity index (χ0v) is 15.2. The lowest BCUT2D eigenvalue weighted by Gasteiger charge is -2.32. The van der Waals surface area contributed by atoms with Crippen LogP contribution in [0.5, 0.6) is 0 Å². The van der Waals surface area contributed by atoms with E-state index in [2.05, 4.69) is 0 Å². The number of nitrogens with zero attached hydrogens (tertiary/aromatic N) is 2. The minimum Gasteiger partial charge on any atom is -0.479 e. The number of methoxy groups -OCH3 is 1. The van der Waals surface area contributed by atoms with Gasteiger partial charge in [-0.05, 0) is 11.1 Å². The number of urea groups is 1.